The van der Waals surface area contributed by atoms with Crippen LogP contribution in [0.25, 0.3) is 0 Å². The first-order chi connectivity index (χ1) is 8.54. The number of hydrogen-bond donors (Lipinski definition) is 1. The van der Waals surface area contributed by atoms with Crippen molar-refractivity contribution in [2.24, 2.45) is 0 Å². The van der Waals surface area contributed by atoms with E-state index in [4.69, 9.17) is 0 Å². The maximum Gasteiger partial charge on any atom is 0.230 e. The van der Waals surface area contributed by atoms with E-state index >= 15 is 0 Å². The number of amides is 1. The summed E-state index contributed by atoms with van der Waals surface area (Å²) >= 11 is 3.52. The van der Waals surface area contributed by atoms with Crippen LogP contribution < -0.4 is 5.32 Å². The molecule has 98 valence electrons. The second-order valence-corrected chi connectivity index (χ2v) is 6.90. The molecule has 1 saturated carbocycles. The largest absolute Gasteiger partial charge is 0.353 e. The number of halogens is 1. The van der Waals surface area contributed by atoms with Crippen LogP contribution in [0.4, 0.5) is 0 Å². The minimum Gasteiger partial charge on any atom is -0.353 e. The van der Waals surface area contributed by atoms with E-state index in [2.05, 4.69) is 47.2 Å². The number of carbonyl (C=O) groups is 1. The molecule has 1 N–H and O–H groups in total. The highest BCUT2D eigenvalue weighted by Crippen LogP contribution is 2.48. The zero-order valence-electron chi connectivity index (χ0n) is 10.9. The van der Waals surface area contributed by atoms with Gasteiger partial charge in [-0.2, -0.15) is 0 Å². The summed E-state index contributed by atoms with van der Waals surface area (Å²) in [6, 6.07) is 10.3. The molecule has 0 aliphatic heterocycles. The van der Waals surface area contributed by atoms with Gasteiger partial charge in [0.2, 0.25) is 5.91 Å². The molecule has 3 heteroatoms. The highest BCUT2D eigenvalue weighted by Gasteiger charge is 2.51. The molecule has 0 spiro atoms. The fourth-order valence-corrected chi connectivity index (χ4v) is 3.00. The normalized spacial score (nSPS) is 19.9. The fourth-order valence-electron chi connectivity index (χ4n) is 2.44. The summed E-state index contributed by atoms with van der Waals surface area (Å²) in [5.41, 5.74) is 0.909. The van der Waals surface area contributed by atoms with Gasteiger partial charge in [0, 0.05) is 10.9 Å². The van der Waals surface area contributed by atoms with Crippen molar-refractivity contribution in [2.75, 3.05) is 0 Å². The molecule has 1 fully saturated rings. The van der Waals surface area contributed by atoms with Crippen LogP contribution in [0, 0.1) is 0 Å². The van der Waals surface area contributed by atoms with Crippen LogP contribution in [0.3, 0.4) is 0 Å². The number of rotatable bonds is 5. The Morgan fingerprint density at radius 2 is 1.94 bits per heavy atom. The SMILES string of the molecule is CC(Br)CC(C)NC(=O)C1(c2ccccc2)CC1. The monoisotopic (exact) mass is 309 g/mol. The minimum atomic E-state index is -0.245. The van der Waals surface area contributed by atoms with E-state index < -0.39 is 0 Å². The summed E-state index contributed by atoms with van der Waals surface area (Å²) < 4.78 is 0. The van der Waals surface area contributed by atoms with Crippen molar-refractivity contribution in [3.8, 4) is 0 Å². The molecule has 1 aliphatic rings. The van der Waals surface area contributed by atoms with Gasteiger partial charge in [-0.15, -0.1) is 0 Å². The smallest absolute Gasteiger partial charge is 0.230 e. The third kappa shape index (κ3) is 2.94. The molecule has 0 bridgehead atoms. The molecule has 18 heavy (non-hydrogen) atoms. The molecular weight excluding hydrogens is 290 g/mol. The fraction of sp³-hybridized carbons (Fsp3) is 0.533. The lowest BCUT2D eigenvalue weighted by Gasteiger charge is -2.20. The third-order valence-electron chi connectivity index (χ3n) is 3.57. The number of alkyl halides is 1. The topological polar surface area (TPSA) is 29.1 Å². The average Bonchev–Trinajstić information content (AvgIpc) is 3.10. The maximum absolute atomic E-state index is 12.4. The van der Waals surface area contributed by atoms with Gasteiger partial charge in [-0.25, -0.2) is 0 Å². The Bertz CT molecular complexity index is 412. The van der Waals surface area contributed by atoms with Crippen LogP contribution in [0.2, 0.25) is 0 Å². The molecule has 2 rings (SSSR count). The van der Waals surface area contributed by atoms with Crippen LogP contribution in [0.5, 0.6) is 0 Å². The minimum absolute atomic E-state index is 0.189. The lowest BCUT2D eigenvalue weighted by molar-refractivity contribution is -0.124. The first kappa shape index (κ1) is 13.6. The van der Waals surface area contributed by atoms with E-state index in [0.717, 1.165) is 24.8 Å². The van der Waals surface area contributed by atoms with Gasteiger partial charge in [-0.3, -0.25) is 4.79 Å². The van der Waals surface area contributed by atoms with Gasteiger partial charge in [-0.05, 0) is 31.7 Å². The first-order valence-electron chi connectivity index (χ1n) is 6.55. The zero-order valence-corrected chi connectivity index (χ0v) is 12.5. The van der Waals surface area contributed by atoms with Gasteiger partial charge in [0.1, 0.15) is 0 Å². The molecule has 0 heterocycles. The third-order valence-corrected chi connectivity index (χ3v) is 3.94. The molecular formula is C15H20BrNO. The Morgan fingerprint density at radius 3 is 2.44 bits per heavy atom. The van der Waals surface area contributed by atoms with Gasteiger partial charge in [0.15, 0.2) is 0 Å². The molecule has 2 nitrogen and oxygen atoms in total. The van der Waals surface area contributed by atoms with Crippen molar-refractivity contribution in [3.05, 3.63) is 35.9 Å². The van der Waals surface area contributed by atoms with Crippen LogP contribution in [0.15, 0.2) is 30.3 Å². The Hall–Kier alpha value is -0.830. The van der Waals surface area contributed by atoms with E-state index in [9.17, 15) is 4.79 Å². The number of benzene rings is 1. The molecule has 1 aliphatic carbocycles. The Labute approximate surface area is 117 Å². The lowest BCUT2D eigenvalue weighted by Crippen LogP contribution is -2.40. The first-order valence-corrected chi connectivity index (χ1v) is 7.47. The quantitative estimate of drug-likeness (QED) is 0.830. The van der Waals surface area contributed by atoms with Crippen molar-refractivity contribution in [1.82, 2.24) is 5.32 Å². The van der Waals surface area contributed by atoms with Crippen molar-refractivity contribution in [3.63, 3.8) is 0 Å². The molecule has 0 aromatic heterocycles. The molecule has 2 atom stereocenters. The van der Waals surface area contributed by atoms with E-state index in [1.165, 1.54) is 0 Å². The second-order valence-electron chi connectivity index (χ2n) is 5.34. The van der Waals surface area contributed by atoms with Crippen LogP contribution in [-0.2, 0) is 10.2 Å². The molecule has 1 amide bonds. The predicted octanol–water partition coefficient (Wildman–Crippen LogP) is 3.40. The number of nitrogens with one attached hydrogen (secondary N) is 1. The van der Waals surface area contributed by atoms with Crippen LogP contribution in [0.1, 0.15) is 38.7 Å². The summed E-state index contributed by atoms with van der Waals surface area (Å²) in [5.74, 6) is 0.189. The molecule has 1 aromatic rings. The summed E-state index contributed by atoms with van der Waals surface area (Å²) in [6.07, 6.45) is 2.90. The molecule has 1 aromatic carbocycles. The van der Waals surface area contributed by atoms with Crippen LogP contribution >= 0.6 is 15.9 Å². The standard InChI is InChI=1S/C15H20BrNO/c1-11(16)10-12(2)17-14(18)15(8-9-15)13-6-4-3-5-7-13/h3-7,11-12H,8-10H2,1-2H3,(H,17,18). The Kier molecular flexibility index (Phi) is 4.10. The van der Waals surface area contributed by atoms with Crippen molar-refractivity contribution in [1.29, 1.82) is 0 Å². The van der Waals surface area contributed by atoms with E-state index in [-0.39, 0.29) is 17.4 Å². The van der Waals surface area contributed by atoms with Crippen molar-refractivity contribution >= 4 is 21.8 Å². The van der Waals surface area contributed by atoms with Gasteiger partial charge in [0.25, 0.3) is 0 Å². The maximum atomic E-state index is 12.4. The highest BCUT2D eigenvalue weighted by molar-refractivity contribution is 9.09. The van der Waals surface area contributed by atoms with E-state index in [1.54, 1.807) is 0 Å². The van der Waals surface area contributed by atoms with Crippen LogP contribution in [-0.4, -0.2) is 16.8 Å². The van der Waals surface area contributed by atoms with Crippen molar-refractivity contribution in [2.45, 2.75) is 49.4 Å². The predicted molar refractivity (Wildman–Crippen MR) is 78.0 cm³/mol. The summed E-state index contributed by atoms with van der Waals surface area (Å²) in [4.78, 5) is 12.8. The number of hydrogen-bond acceptors (Lipinski definition) is 1. The molecule has 0 saturated heterocycles. The molecule has 0 radical (unpaired) electrons. The van der Waals surface area contributed by atoms with E-state index in [1.807, 2.05) is 18.2 Å². The van der Waals surface area contributed by atoms with Gasteiger partial charge in [0.05, 0.1) is 5.41 Å². The van der Waals surface area contributed by atoms with Gasteiger partial charge in [-0.1, -0.05) is 53.2 Å². The summed E-state index contributed by atoms with van der Waals surface area (Å²) in [7, 11) is 0. The zero-order chi connectivity index (χ0) is 13.2. The highest BCUT2D eigenvalue weighted by atomic mass is 79.9. The van der Waals surface area contributed by atoms with Gasteiger partial charge >= 0.3 is 0 Å². The van der Waals surface area contributed by atoms with E-state index in [0.29, 0.717) is 4.83 Å². The average molecular weight is 310 g/mol. The van der Waals surface area contributed by atoms with Gasteiger partial charge < -0.3 is 5.32 Å². The lowest BCUT2D eigenvalue weighted by atomic mass is 9.94. The second kappa shape index (κ2) is 5.43. The Balaban J connectivity index is 2.01. The van der Waals surface area contributed by atoms with Crippen molar-refractivity contribution < 1.29 is 4.79 Å². The summed E-state index contributed by atoms with van der Waals surface area (Å²) in [6.45, 7) is 4.17. The molecule has 2 unspecified atom stereocenters. The Morgan fingerprint density at radius 1 is 1.33 bits per heavy atom. The number of carbonyl (C=O) groups excluding carboxylic acids is 1. The summed E-state index contributed by atoms with van der Waals surface area (Å²) in [5, 5.41) is 3.14.